The van der Waals surface area contributed by atoms with Crippen LogP contribution >= 0.6 is 24.0 Å². The van der Waals surface area contributed by atoms with Gasteiger partial charge < -0.3 is 29.7 Å². The van der Waals surface area contributed by atoms with Gasteiger partial charge in [-0.25, -0.2) is 0 Å². The minimum atomic E-state index is 0. The molecule has 1 saturated heterocycles. The lowest BCUT2D eigenvalue weighted by Gasteiger charge is -2.35. The van der Waals surface area contributed by atoms with Crippen molar-refractivity contribution in [1.82, 2.24) is 10.6 Å². The molecule has 32 heavy (non-hydrogen) atoms. The van der Waals surface area contributed by atoms with E-state index in [-0.39, 0.29) is 24.0 Å². The van der Waals surface area contributed by atoms with Gasteiger partial charge in [-0.05, 0) is 37.5 Å². The summed E-state index contributed by atoms with van der Waals surface area (Å²) in [6, 6.07) is 6.50. The number of anilines is 1. The number of methoxy groups -OCH3 is 3. The normalized spacial score (nSPS) is 18.8. The van der Waals surface area contributed by atoms with Crippen molar-refractivity contribution in [3.63, 3.8) is 0 Å². The Labute approximate surface area is 210 Å². The topological polar surface area (TPSA) is 67.4 Å². The lowest BCUT2D eigenvalue weighted by atomic mass is 9.83. The Balaban J connectivity index is 0.00000363. The molecule has 1 aromatic carbocycles. The highest BCUT2D eigenvalue weighted by Gasteiger charge is 2.33. The molecular weight excluding hydrogens is 519 g/mol. The van der Waals surface area contributed by atoms with Crippen molar-refractivity contribution in [2.24, 2.45) is 10.4 Å². The maximum absolute atomic E-state index is 5.43. The molecule has 2 N–H and O–H groups in total. The molecule has 0 amide bonds. The lowest BCUT2D eigenvalue weighted by molar-refractivity contribution is 0.138. The van der Waals surface area contributed by atoms with E-state index in [1.807, 2.05) is 13.1 Å². The zero-order valence-electron chi connectivity index (χ0n) is 20.1. The molecule has 0 spiro atoms. The Hall–Kier alpha value is -1.42. The summed E-state index contributed by atoms with van der Waals surface area (Å²) in [5.41, 5.74) is 1.50. The van der Waals surface area contributed by atoms with E-state index in [1.165, 1.54) is 25.7 Å². The molecule has 1 saturated carbocycles. The van der Waals surface area contributed by atoms with Crippen molar-refractivity contribution >= 4 is 35.6 Å². The van der Waals surface area contributed by atoms with Crippen molar-refractivity contribution in [3.05, 3.63) is 18.2 Å². The number of nitrogens with zero attached hydrogens (tertiary/aromatic N) is 2. The van der Waals surface area contributed by atoms with Gasteiger partial charge in [-0.15, -0.1) is 24.0 Å². The number of hydrogen-bond donors (Lipinski definition) is 2. The van der Waals surface area contributed by atoms with Gasteiger partial charge in [0.05, 0.1) is 14.2 Å². The molecule has 1 aliphatic carbocycles. The minimum absolute atomic E-state index is 0. The average Bonchev–Trinajstić information content (AvgIpc) is 3.29. The molecule has 0 atom stereocenters. The number of guanidine groups is 1. The molecule has 7 nitrogen and oxygen atoms in total. The summed E-state index contributed by atoms with van der Waals surface area (Å²) in [4.78, 5) is 6.89. The molecule has 0 unspecified atom stereocenters. The van der Waals surface area contributed by atoms with Crippen LogP contribution in [0.2, 0.25) is 0 Å². The Kier molecular flexibility index (Phi) is 11.2. The molecule has 2 fully saturated rings. The molecule has 0 bridgehead atoms. The molecule has 3 rings (SSSR count). The fraction of sp³-hybridized carbons (Fsp3) is 0.708. The van der Waals surface area contributed by atoms with E-state index in [1.54, 1.807) is 21.3 Å². The SMILES string of the molecule is CN=C(NCC1(CCOC)CCCC1)NC1CCN(c2cc(OC)cc(OC)c2)CC1.I. The molecule has 1 aromatic rings. The first-order valence-electron chi connectivity index (χ1n) is 11.6. The maximum Gasteiger partial charge on any atom is 0.191 e. The third kappa shape index (κ3) is 7.30. The Bertz CT molecular complexity index is 695. The van der Waals surface area contributed by atoms with Crippen LogP contribution in [0.3, 0.4) is 0 Å². The summed E-state index contributed by atoms with van der Waals surface area (Å²) in [7, 11) is 7.05. The number of piperidine rings is 1. The van der Waals surface area contributed by atoms with E-state index in [0.29, 0.717) is 11.5 Å². The number of benzene rings is 1. The number of ether oxygens (including phenoxy) is 3. The predicted molar refractivity (Wildman–Crippen MR) is 142 cm³/mol. The van der Waals surface area contributed by atoms with Crippen LogP contribution in [-0.4, -0.2) is 66.6 Å². The molecule has 182 valence electrons. The van der Waals surface area contributed by atoms with E-state index >= 15 is 0 Å². The highest BCUT2D eigenvalue weighted by Crippen LogP contribution is 2.40. The Morgan fingerprint density at radius 2 is 1.69 bits per heavy atom. The van der Waals surface area contributed by atoms with Crippen LogP contribution in [0.5, 0.6) is 11.5 Å². The predicted octanol–water partition coefficient (Wildman–Crippen LogP) is 4.05. The second-order valence-electron chi connectivity index (χ2n) is 8.85. The van der Waals surface area contributed by atoms with Gasteiger partial charge >= 0.3 is 0 Å². The standard InChI is InChI=1S/C24H40N4O3.HI/c1-25-23(26-18-24(11-14-29-2)9-5-6-10-24)27-19-7-12-28(13-8-19)20-15-21(30-3)17-22(16-20)31-4;/h15-17,19H,5-14,18H2,1-4H3,(H2,25,26,27);1H. The summed E-state index contributed by atoms with van der Waals surface area (Å²) >= 11 is 0. The van der Waals surface area contributed by atoms with E-state index in [0.717, 1.165) is 68.6 Å². The molecule has 1 heterocycles. The van der Waals surface area contributed by atoms with Crippen molar-refractivity contribution in [3.8, 4) is 11.5 Å². The fourth-order valence-electron chi connectivity index (χ4n) is 4.87. The van der Waals surface area contributed by atoms with Crippen molar-refractivity contribution < 1.29 is 14.2 Å². The van der Waals surface area contributed by atoms with Crippen LogP contribution in [0.15, 0.2) is 23.2 Å². The molecule has 1 aliphatic heterocycles. The third-order valence-electron chi connectivity index (χ3n) is 6.89. The minimum Gasteiger partial charge on any atom is -0.497 e. The van der Waals surface area contributed by atoms with Crippen LogP contribution < -0.4 is 25.0 Å². The first-order valence-corrected chi connectivity index (χ1v) is 11.6. The van der Waals surface area contributed by atoms with Gasteiger partial charge in [-0.2, -0.15) is 0 Å². The van der Waals surface area contributed by atoms with Gasteiger partial charge in [0.2, 0.25) is 0 Å². The molecule has 0 aromatic heterocycles. The monoisotopic (exact) mass is 560 g/mol. The summed E-state index contributed by atoms with van der Waals surface area (Å²) in [6.07, 6.45) is 8.46. The van der Waals surface area contributed by atoms with Crippen molar-refractivity contribution in [2.45, 2.75) is 51.0 Å². The van der Waals surface area contributed by atoms with Crippen molar-refractivity contribution in [1.29, 1.82) is 0 Å². The molecule has 8 heteroatoms. The first kappa shape index (κ1) is 26.8. The number of hydrogen-bond acceptors (Lipinski definition) is 5. The van der Waals surface area contributed by atoms with Gasteiger partial charge in [0, 0.05) is 70.3 Å². The van der Waals surface area contributed by atoms with E-state index in [4.69, 9.17) is 14.2 Å². The van der Waals surface area contributed by atoms with Gasteiger partial charge in [0.15, 0.2) is 5.96 Å². The average molecular weight is 561 g/mol. The van der Waals surface area contributed by atoms with Gasteiger partial charge in [0.25, 0.3) is 0 Å². The summed E-state index contributed by atoms with van der Waals surface area (Å²) in [5, 5.41) is 7.27. The van der Waals surface area contributed by atoms with E-state index < -0.39 is 0 Å². The summed E-state index contributed by atoms with van der Waals surface area (Å²) < 4.78 is 16.2. The molecule has 2 aliphatic rings. The number of aliphatic imine (C=N–C) groups is 1. The van der Waals surface area contributed by atoms with Crippen molar-refractivity contribution in [2.75, 3.05) is 59.5 Å². The highest BCUT2D eigenvalue weighted by atomic mass is 127. The zero-order valence-corrected chi connectivity index (χ0v) is 22.4. The summed E-state index contributed by atoms with van der Waals surface area (Å²) in [5.74, 6) is 2.58. The van der Waals surface area contributed by atoms with Gasteiger partial charge in [0.1, 0.15) is 11.5 Å². The van der Waals surface area contributed by atoms with Gasteiger partial charge in [-0.3, -0.25) is 4.99 Å². The fourth-order valence-corrected chi connectivity index (χ4v) is 4.87. The third-order valence-corrected chi connectivity index (χ3v) is 6.89. The lowest BCUT2D eigenvalue weighted by Crippen LogP contribution is -2.50. The zero-order chi connectivity index (χ0) is 22.1. The van der Waals surface area contributed by atoms with Crippen LogP contribution in [-0.2, 0) is 4.74 Å². The van der Waals surface area contributed by atoms with Crippen LogP contribution in [0.4, 0.5) is 5.69 Å². The number of halogens is 1. The molecular formula is C24H41IN4O3. The molecule has 0 radical (unpaired) electrons. The summed E-state index contributed by atoms with van der Waals surface area (Å²) in [6.45, 7) is 3.78. The largest absolute Gasteiger partial charge is 0.497 e. The van der Waals surface area contributed by atoms with Crippen LogP contribution in [0.1, 0.15) is 44.9 Å². The first-order chi connectivity index (χ1) is 15.1. The highest BCUT2D eigenvalue weighted by molar-refractivity contribution is 14.0. The maximum atomic E-state index is 5.43. The quantitative estimate of drug-likeness (QED) is 0.270. The number of nitrogens with one attached hydrogen (secondary N) is 2. The van der Waals surface area contributed by atoms with Crippen LogP contribution in [0.25, 0.3) is 0 Å². The Morgan fingerprint density at radius 1 is 1.06 bits per heavy atom. The van der Waals surface area contributed by atoms with Gasteiger partial charge in [-0.1, -0.05) is 12.8 Å². The second-order valence-corrected chi connectivity index (χ2v) is 8.85. The van der Waals surface area contributed by atoms with E-state index in [2.05, 4.69) is 32.7 Å². The van der Waals surface area contributed by atoms with Crippen LogP contribution in [0, 0.1) is 5.41 Å². The number of rotatable bonds is 9. The van der Waals surface area contributed by atoms with E-state index in [9.17, 15) is 0 Å². The smallest absolute Gasteiger partial charge is 0.191 e. The Morgan fingerprint density at radius 3 is 2.22 bits per heavy atom. The second kappa shape index (κ2) is 13.3.